The molecule has 0 radical (unpaired) electrons. The number of carbonyl (C=O) groups excluding carboxylic acids is 1. The van der Waals surface area contributed by atoms with Gasteiger partial charge in [0.15, 0.2) is 0 Å². The summed E-state index contributed by atoms with van der Waals surface area (Å²) in [5.74, 6) is 0.741. The molecule has 28 heavy (non-hydrogen) atoms. The van der Waals surface area contributed by atoms with Crippen molar-refractivity contribution in [3.8, 4) is 0 Å². The van der Waals surface area contributed by atoms with Gasteiger partial charge in [0.25, 0.3) is 5.69 Å². The summed E-state index contributed by atoms with van der Waals surface area (Å²) in [6, 6.07) is 11.9. The minimum absolute atomic E-state index is 0.0254. The third-order valence-corrected chi connectivity index (χ3v) is 5.35. The smallest absolute Gasteiger partial charge is 0.290 e. The summed E-state index contributed by atoms with van der Waals surface area (Å²) in [4.78, 5) is 29.6. The summed E-state index contributed by atoms with van der Waals surface area (Å²) in [7, 11) is 0. The van der Waals surface area contributed by atoms with Gasteiger partial charge in [-0.2, -0.15) is 0 Å². The SMILES string of the molecule is CCC(C(=O)N1CCC(Nc2cc(C)c([N+](=O)[O-])cn2)CC1)c1ccccc1. The Morgan fingerprint density at radius 3 is 2.57 bits per heavy atom. The third kappa shape index (κ3) is 4.47. The maximum atomic E-state index is 13.0. The van der Waals surface area contributed by atoms with Crippen LogP contribution in [-0.4, -0.2) is 39.8 Å². The fourth-order valence-electron chi connectivity index (χ4n) is 3.73. The van der Waals surface area contributed by atoms with E-state index in [2.05, 4.69) is 10.3 Å². The van der Waals surface area contributed by atoms with Gasteiger partial charge in [0, 0.05) is 24.7 Å². The van der Waals surface area contributed by atoms with Crippen LogP contribution in [0.2, 0.25) is 0 Å². The molecule has 0 bridgehead atoms. The summed E-state index contributed by atoms with van der Waals surface area (Å²) in [5.41, 5.74) is 1.68. The predicted molar refractivity (Wildman–Crippen MR) is 108 cm³/mol. The molecule has 1 aromatic carbocycles. The van der Waals surface area contributed by atoms with Gasteiger partial charge in [-0.3, -0.25) is 14.9 Å². The highest BCUT2D eigenvalue weighted by Crippen LogP contribution is 2.25. The highest BCUT2D eigenvalue weighted by molar-refractivity contribution is 5.83. The van der Waals surface area contributed by atoms with Gasteiger partial charge in [-0.15, -0.1) is 0 Å². The van der Waals surface area contributed by atoms with Crippen molar-refractivity contribution < 1.29 is 9.72 Å². The lowest BCUT2D eigenvalue weighted by atomic mass is 9.93. The van der Waals surface area contributed by atoms with Gasteiger partial charge in [-0.1, -0.05) is 37.3 Å². The van der Waals surface area contributed by atoms with Gasteiger partial charge in [-0.25, -0.2) is 4.98 Å². The second-order valence-corrected chi connectivity index (χ2v) is 7.23. The summed E-state index contributed by atoms with van der Waals surface area (Å²) in [6.45, 7) is 5.16. The van der Waals surface area contributed by atoms with E-state index in [-0.39, 0.29) is 23.6 Å². The molecule has 1 unspecified atom stereocenters. The molecule has 1 saturated heterocycles. The molecule has 2 aromatic rings. The van der Waals surface area contributed by atoms with Crippen LogP contribution in [0.25, 0.3) is 0 Å². The summed E-state index contributed by atoms with van der Waals surface area (Å²) >= 11 is 0. The van der Waals surface area contributed by atoms with Gasteiger partial charge < -0.3 is 10.2 Å². The maximum absolute atomic E-state index is 13.0. The highest BCUT2D eigenvalue weighted by atomic mass is 16.6. The number of likely N-dealkylation sites (tertiary alicyclic amines) is 1. The van der Waals surface area contributed by atoms with Gasteiger partial charge in [0.1, 0.15) is 12.0 Å². The number of benzene rings is 1. The number of aryl methyl sites for hydroxylation is 1. The Bertz CT molecular complexity index is 833. The molecule has 1 atom stereocenters. The van der Waals surface area contributed by atoms with Crippen molar-refractivity contribution in [3.63, 3.8) is 0 Å². The first-order valence-corrected chi connectivity index (χ1v) is 9.71. The third-order valence-electron chi connectivity index (χ3n) is 5.35. The van der Waals surface area contributed by atoms with Crippen molar-refractivity contribution in [2.45, 2.75) is 45.1 Å². The van der Waals surface area contributed by atoms with Crippen LogP contribution in [-0.2, 0) is 4.79 Å². The molecule has 1 aliphatic rings. The Morgan fingerprint density at radius 1 is 1.32 bits per heavy atom. The zero-order valence-corrected chi connectivity index (χ0v) is 16.3. The number of anilines is 1. The lowest BCUT2D eigenvalue weighted by Gasteiger charge is -2.34. The molecule has 0 spiro atoms. The summed E-state index contributed by atoms with van der Waals surface area (Å²) in [6.07, 6.45) is 3.73. The van der Waals surface area contributed by atoms with E-state index in [0.717, 1.165) is 24.8 Å². The van der Waals surface area contributed by atoms with E-state index < -0.39 is 4.92 Å². The van der Waals surface area contributed by atoms with Gasteiger partial charge in [-0.05, 0) is 37.8 Å². The number of piperidine rings is 1. The highest BCUT2D eigenvalue weighted by Gasteiger charge is 2.28. The number of aromatic nitrogens is 1. The first kappa shape index (κ1) is 19.8. The van der Waals surface area contributed by atoms with Gasteiger partial charge in [0.2, 0.25) is 5.91 Å². The number of rotatable bonds is 6. The number of hydrogen-bond donors (Lipinski definition) is 1. The molecule has 3 rings (SSSR count). The number of amides is 1. The average molecular weight is 382 g/mol. The molecule has 0 saturated carbocycles. The van der Waals surface area contributed by atoms with E-state index in [1.165, 1.54) is 6.20 Å². The maximum Gasteiger partial charge on any atom is 0.290 e. The monoisotopic (exact) mass is 382 g/mol. The second-order valence-electron chi connectivity index (χ2n) is 7.23. The molecule has 7 nitrogen and oxygen atoms in total. The Balaban J connectivity index is 1.57. The Kier molecular flexibility index (Phi) is 6.23. The number of hydrogen-bond acceptors (Lipinski definition) is 5. The number of carbonyl (C=O) groups is 1. The van der Waals surface area contributed by atoms with Gasteiger partial charge in [0.05, 0.1) is 10.8 Å². The molecule has 2 heterocycles. The first-order valence-electron chi connectivity index (χ1n) is 9.71. The van der Waals surface area contributed by atoms with Crippen LogP contribution in [0.15, 0.2) is 42.6 Å². The first-order chi connectivity index (χ1) is 13.5. The normalized spacial score (nSPS) is 15.9. The second kappa shape index (κ2) is 8.82. The van der Waals surface area contributed by atoms with Crippen molar-refractivity contribution in [2.24, 2.45) is 0 Å². The average Bonchev–Trinajstić information content (AvgIpc) is 2.69. The quantitative estimate of drug-likeness (QED) is 0.605. The summed E-state index contributed by atoms with van der Waals surface area (Å²) < 4.78 is 0. The van der Waals surface area contributed by atoms with Crippen molar-refractivity contribution in [2.75, 3.05) is 18.4 Å². The number of nitro groups is 1. The van der Waals surface area contributed by atoms with Gasteiger partial charge >= 0.3 is 0 Å². The lowest BCUT2D eigenvalue weighted by Crippen LogP contribution is -2.44. The van der Waals surface area contributed by atoms with E-state index in [1.54, 1.807) is 13.0 Å². The van der Waals surface area contributed by atoms with Crippen molar-refractivity contribution in [1.29, 1.82) is 0 Å². The van der Waals surface area contributed by atoms with Crippen LogP contribution in [0.4, 0.5) is 11.5 Å². The molecular weight excluding hydrogens is 356 g/mol. The molecular formula is C21H26N4O3. The molecule has 1 amide bonds. The van der Waals surface area contributed by atoms with E-state index in [0.29, 0.717) is 24.5 Å². The minimum atomic E-state index is -0.424. The Morgan fingerprint density at radius 2 is 2.00 bits per heavy atom. The van der Waals surface area contributed by atoms with E-state index >= 15 is 0 Å². The number of nitrogens with zero attached hydrogens (tertiary/aromatic N) is 3. The number of pyridine rings is 1. The number of nitrogens with one attached hydrogen (secondary N) is 1. The van der Waals surface area contributed by atoms with Crippen LogP contribution >= 0.6 is 0 Å². The molecule has 1 N–H and O–H groups in total. The predicted octanol–water partition coefficient (Wildman–Crippen LogP) is 3.89. The molecule has 0 aliphatic carbocycles. The molecule has 1 aromatic heterocycles. The Labute approximate surface area is 164 Å². The molecule has 7 heteroatoms. The molecule has 1 aliphatic heterocycles. The zero-order chi connectivity index (χ0) is 20.1. The van der Waals surface area contributed by atoms with Crippen LogP contribution in [0.3, 0.4) is 0 Å². The van der Waals surface area contributed by atoms with Crippen LogP contribution in [0.5, 0.6) is 0 Å². The van der Waals surface area contributed by atoms with Crippen LogP contribution < -0.4 is 5.32 Å². The fraction of sp³-hybridized carbons (Fsp3) is 0.429. The topological polar surface area (TPSA) is 88.4 Å². The Hall–Kier alpha value is -2.96. The van der Waals surface area contributed by atoms with Crippen molar-refractivity contribution >= 4 is 17.4 Å². The van der Waals surface area contributed by atoms with E-state index in [9.17, 15) is 14.9 Å². The fourth-order valence-corrected chi connectivity index (χ4v) is 3.73. The van der Waals surface area contributed by atoms with E-state index in [4.69, 9.17) is 0 Å². The standard InChI is InChI=1S/C21H26N4O3/c1-3-18(16-7-5-4-6-8-16)21(26)24-11-9-17(10-12-24)23-20-13-15(2)19(14-22-20)25(27)28/h4-8,13-14,17-18H,3,9-12H2,1-2H3,(H,22,23). The molecule has 1 fully saturated rings. The van der Waals surface area contributed by atoms with E-state index in [1.807, 2.05) is 42.2 Å². The summed E-state index contributed by atoms with van der Waals surface area (Å²) in [5, 5.41) is 14.3. The van der Waals surface area contributed by atoms with Crippen molar-refractivity contribution in [3.05, 3.63) is 63.8 Å². The van der Waals surface area contributed by atoms with Crippen LogP contribution in [0.1, 0.15) is 43.2 Å². The largest absolute Gasteiger partial charge is 0.367 e. The minimum Gasteiger partial charge on any atom is -0.367 e. The lowest BCUT2D eigenvalue weighted by molar-refractivity contribution is -0.385. The van der Waals surface area contributed by atoms with Crippen LogP contribution in [0, 0.1) is 17.0 Å². The zero-order valence-electron chi connectivity index (χ0n) is 16.3. The van der Waals surface area contributed by atoms with Crippen molar-refractivity contribution in [1.82, 2.24) is 9.88 Å². The molecule has 148 valence electrons.